The Morgan fingerprint density at radius 1 is 1.08 bits per heavy atom. The van der Waals surface area contributed by atoms with Crippen LogP contribution in [0.25, 0.3) is 0 Å². The number of ketones is 1. The average molecular weight is 348 g/mol. The maximum Gasteiger partial charge on any atom is 0.302 e. The van der Waals surface area contributed by atoms with Crippen molar-refractivity contribution in [1.82, 2.24) is 0 Å². The number of carbonyl (C=O) groups excluding carboxylic acids is 2. The number of ether oxygens (including phenoxy) is 1. The van der Waals surface area contributed by atoms with Crippen molar-refractivity contribution in [3.63, 3.8) is 0 Å². The van der Waals surface area contributed by atoms with Crippen LogP contribution in [0.2, 0.25) is 0 Å². The van der Waals surface area contributed by atoms with Crippen molar-refractivity contribution >= 4 is 11.8 Å². The van der Waals surface area contributed by atoms with Gasteiger partial charge in [0.25, 0.3) is 0 Å². The average Bonchev–Trinajstić information content (AvgIpc) is 2.84. The Morgan fingerprint density at radius 2 is 1.84 bits per heavy atom. The summed E-state index contributed by atoms with van der Waals surface area (Å²) >= 11 is 0. The van der Waals surface area contributed by atoms with Crippen LogP contribution in [0.5, 0.6) is 0 Å². The molecule has 0 radical (unpaired) electrons. The molecule has 0 bridgehead atoms. The lowest BCUT2D eigenvalue weighted by Gasteiger charge is -2.61. The molecule has 4 aliphatic rings. The number of fused-ring (bicyclic) bond motifs is 5. The van der Waals surface area contributed by atoms with Crippen LogP contribution in [-0.4, -0.2) is 29.1 Å². The summed E-state index contributed by atoms with van der Waals surface area (Å²) in [7, 11) is 0. The highest BCUT2D eigenvalue weighted by molar-refractivity contribution is 5.87. The first-order valence-electron chi connectivity index (χ1n) is 10.1. The zero-order valence-electron chi connectivity index (χ0n) is 15.8. The van der Waals surface area contributed by atoms with Gasteiger partial charge in [-0.15, -0.1) is 0 Å². The molecule has 0 aromatic heterocycles. The second-order valence-corrected chi connectivity index (χ2v) is 9.72. The van der Waals surface area contributed by atoms with Gasteiger partial charge in [0.05, 0.1) is 6.10 Å². The van der Waals surface area contributed by atoms with Crippen LogP contribution in [0.3, 0.4) is 0 Å². The number of Topliss-reactive ketones (excluding diaryl/α,β-unsaturated/α-hetero) is 1. The van der Waals surface area contributed by atoms with Gasteiger partial charge in [-0.2, -0.15) is 0 Å². The molecule has 140 valence electrons. The molecule has 4 nitrogen and oxygen atoms in total. The third-order valence-corrected chi connectivity index (χ3v) is 8.65. The molecule has 0 aromatic carbocycles. The van der Waals surface area contributed by atoms with Gasteiger partial charge in [-0.3, -0.25) is 9.59 Å². The van der Waals surface area contributed by atoms with Crippen LogP contribution in [-0.2, 0) is 14.3 Å². The Hall–Kier alpha value is -0.900. The maximum atomic E-state index is 12.6. The standard InChI is InChI=1S/C21H32O4/c1-12(22)25-18-11-14-15-4-5-19(24)21(15,3)9-7-16(14)20(2)8-6-13(23)10-17(18)20/h13-18,23H,4-11H2,1-3H3/t13-,14-,15-,16-,17+,18?,20+,21-/m0/s1. The van der Waals surface area contributed by atoms with Crippen LogP contribution in [0, 0.1) is 34.5 Å². The third-order valence-electron chi connectivity index (χ3n) is 8.65. The van der Waals surface area contributed by atoms with Crippen LogP contribution >= 0.6 is 0 Å². The predicted octanol–water partition coefficient (Wildman–Crippen LogP) is 3.50. The van der Waals surface area contributed by atoms with Gasteiger partial charge in [0.2, 0.25) is 0 Å². The number of aliphatic hydroxyl groups excluding tert-OH is 1. The van der Waals surface area contributed by atoms with E-state index < -0.39 is 0 Å². The van der Waals surface area contributed by atoms with E-state index in [1.165, 1.54) is 6.92 Å². The van der Waals surface area contributed by atoms with Crippen molar-refractivity contribution in [1.29, 1.82) is 0 Å². The fourth-order valence-electron chi connectivity index (χ4n) is 7.36. The number of rotatable bonds is 1. The summed E-state index contributed by atoms with van der Waals surface area (Å²) in [6.07, 6.45) is 6.97. The van der Waals surface area contributed by atoms with Crippen LogP contribution in [0.1, 0.15) is 72.1 Å². The Labute approximate surface area is 150 Å². The van der Waals surface area contributed by atoms with E-state index in [1.54, 1.807) is 0 Å². The largest absolute Gasteiger partial charge is 0.462 e. The predicted molar refractivity (Wildman–Crippen MR) is 93.7 cm³/mol. The molecular formula is C21H32O4. The molecule has 4 rings (SSSR count). The molecule has 0 amide bonds. The van der Waals surface area contributed by atoms with Crippen LogP contribution in [0.15, 0.2) is 0 Å². The minimum absolute atomic E-state index is 0.100. The summed E-state index contributed by atoms with van der Waals surface area (Å²) in [5.74, 6) is 2.01. The highest BCUT2D eigenvalue weighted by Crippen LogP contribution is 2.65. The topological polar surface area (TPSA) is 63.6 Å². The highest BCUT2D eigenvalue weighted by atomic mass is 16.5. The van der Waals surface area contributed by atoms with Crippen molar-refractivity contribution in [2.24, 2.45) is 34.5 Å². The molecule has 0 aliphatic heterocycles. The van der Waals surface area contributed by atoms with E-state index in [2.05, 4.69) is 13.8 Å². The normalized spacial score (nSPS) is 52.1. The second-order valence-electron chi connectivity index (χ2n) is 9.72. The van der Waals surface area contributed by atoms with E-state index in [0.29, 0.717) is 23.5 Å². The lowest BCUT2D eigenvalue weighted by atomic mass is 9.44. The molecule has 8 atom stereocenters. The molecule has 4 fully saturated rings. The van der Waals surface area contributed by atoms with E-state index in [-0.39, 0.29) is 34.9 Å². The molecule has 4 aliphatic carbocycles. The molecule has 1 unspecified atom stereocenters. The number of aliphatic hydroxyl groups is 1. The summed E-state index contributed by atoms with van der Waals surface area (Å²) in [5, 5.41) is 10.3. The summed E-state index contributed by atoms with van der Waals surface area (Å²) in [4.78, 5) is 24.3. The van der Waals surface area contributed by atoms with Gasteiger partial charge in [0.15, 0.2) is 0 Å². The molecule has 0 spiro atoms. The molecule has 1 N–H and O–H groups in total. The van der Waals surface area contributed by atoms with E-state index in [1.807, 2.05) is 0 Å². The number of hydrogen-bond acceptors (Lipinski definition) is 4. The molecule has 4 heteroatoms. The first-order chi connectivity index (χ1) is 11.8. The number of carbonyl (C=O) groups is 2. The minimum Gasteiger partial charge on any atom is -0.462 e. The molecule has 0 aromatic rings. The van der Waals surface area contributed by atoms with Crippen molar-refractivity contribution < 1.29 is 19.4 Å². The van der Waals surface area contributed by atoms with Crippen molar-refractivity contribution in [2.45, 2.75) is 84.3 Å². The van der Waals surface area contributed by atoms with Gasteiger partial charge < -0.3 is 9.84 Å². The van der Waals surface area contributed by atoms with Crippen molar-refractivity contribution in [3.8, 4) is 0 Å². The molecular weight excluding hydrogens is 316 g/mol. The maximum absolute atomic E-state index is 12.6. The molecule has 4 saturated carbocycles. The summed E-state index contributed by atoms with van der Waals surface area (Å²) in [5.41, 5.74) is -0.0332. The Balaban J connectivity index is 1.69. The van der Waals surface area contributed by atoms with Gasteiger partial charge in [-0.25, -0.2) is 0 Å². The Kier molecular flexibility index (Phi) is 4.06. The van der Waals surface area contributed by atoms with Crippen LogP contribution in [0.4, 0.5) is 0 Å². The van der Waals surface area contributed by atoms with Gasteiger partial charge >= 0.3 is 5.97 Å². The van der Waals surface area contributed by atoms with Crippen molar-refractivity contribution in [3.05, 3.63) is 0 Å². The van der Waals surface area contributed by atoms with E-state index in [4.69, 9.17) is 4.74 Å². The fourth-order valence-corrected chi connectivity index (χ4v) is 7.36. The monoisotopic (exact) mass is 348 g/mol. The zero-order chi connectivity index (χ0) is 18.0. The summed E-state index contributed by atoms with van der Waals surface area (Å²) in [6, 6.07) is 0. The third kappa shape index (κ3) is 2.50. The SMILES string of the molecule is CC(=O)OC1C[C@@H]2[C@H](CC[C@]3(C)C(=O)CC[C@@H]23)[C@@]2(C)CC[C@H](O)C[C@H]12. The Morgan fingerprint density at radius 3 is 2.56 bits per heavy atom. The number of hydrogen-bond donors (Lipinski definition) is 1. The lowest BCUT2D eigenvalue weighted by molar-refractivity contribution is -0.190. The second kappa shape index (κ2) is 5.80. The number of esters is 1. The first-order valence-corrected chi connectivity index (χ1v) is 10.1. The lowest BCUT2D eigenvalue weighted by Crippen LogP contribution is -2.59. The first kappa shape index (κ1) is 17.5. The smallest absolute Gasteiger partial charge is 0.302 e. The van der Waals surface area contributed by atoms with Gasteiger partial charge in [-0.1, -0.05) is 13.8 Å². The van der Waals surface area contributed by atoms with Gasteiger partial charge in [-0.05, 0) is 68.1 Å². The van der Waals surface area contributed by atoms with E-state index >= 15 is 0 Å². The van der Waals surface area contributed by atoms with E-state index in [9.17, 15) is 14.7 Å². The zero-order valence-corrected chi connectivity index (χ0v) is 15.8. The molecule has 25 heavy (non-hydrogen) atoms. The van der Waals surface area contributed by atoms with E-state index in [0.717, 1.165) is 51.4 Å². The molecule has 0 heterocycles. The Bertz CT molecular complexity index is 586. The highest BCUT2D eigenvalue weighted by Gasteiger charge is 2.62. The quantitative estimate of drug-likeness (QED) is 0.737. The fraction of sp³-hybridized carbons (Fsp3) is 0.905. The molecule has 0 saturated heterocycles. The van der Waals surface area contributed by atoms with Gasteiger partial charge in [0.1, 0.15) is 11.9 Å². The summed E-state index contributed by atoms with van der Waals surface area (Å²) < 4.78 is 5.80. The van der Waals surface area contributed by atoms with Crippen LogP contribution < -0.4 is 0 Å². The summed E-state index contributed by atoms with van der Waals surface area (Å²) in [6.45, 7) is 6.05. The van der Waals surface area contributed by atoms with Crippen molar-refractivity contribution in [2.75, 3.05) is 0 Å². The van der Waals surface area contributed by atoms with Gasteiger partial charge in [0, 0.05) is 24.7 Å². The minimum atomic E-state index is -0.269.